The van der Waals surface area contributed by atoms with Crippen LogP contribution in [0.3, 0.4) is 0 Å². The third kappa shape index (κ3) is 5.98. The van der Waals surface area contributed by atoms with E-state index in [9.17, 15) is 0 Å². The lowest BCUT2D eigenvalue weighted by Crippen LogP contribution is -2.28. The maximum absolute atomic E-state index is 5.10. The molecular weight excluding hydrogens is 144 g/mol. The highest BCUT2D eigenvalue weighted by atomic mass is 32.1. The standard InChI is InChI=1S/C7H16N2S/c1-2-3-4-5-6-7(10)9-8/h2-6,8H2,1H3,(H,9,10). The van der Waals surface area contributed by atoms with Gasteiger partial charge in [0.1, 0.15) is 0 Å². The van der Waals surface area contributed by atoms with E-state index in [2.05, 4.69) is 12.3 Å². The Hall–Kier alpha value is -0.150. The summed E-state index contributed by atoms with van der Waals surface area (Å²) < 4.78 is 0. The smallest absolute Gasteiger partial charge is 0.0893 e. The van der Waals surface area contributed by atoms with Gasteiger partial charge in [0, 0.05) is 0 Å². The van der Waals surface area contributed by atoms with Crippen LogP contribution >= 0.6 is 12.2 Å². The van der Waals surface area contributed by atoms with Gasteiger partial charge in [-0.2, -0.15) is 0 Å². The molecule has 60 valence electrons. The topological polar surface area (TPSA) is 38.0 Å². The number of hydrazine groups is 1. The second kappa shape index (κ2) is 6.96. The summed E-state index contributed by atoms with van der Waals surface area (Å²) in [6.07, 6.45) is 5.93. The first kappa shape index (κ1) is 9.85. The fourth-order valence-electron chi connectivity index (χ4n) is 0.785. The Kier molecular flexibility index (Phi) is 6.86. The minimum atomic E-state index is 0.774. The molecule has 0 amide bonds. The summed E-state index contributed by atoms with van der Waals surface area (Å²) in [5.41, 5.74) is 2.47. The van der Waals surface area contributed by atoms with Gasteiger partial charge < -0.3 is 5.43 Å². The first-order valence-electron chi connectivity index (χ1n) is 3.80. The Morgan fingerprint density at radius 3 is 2.60 bits per heavy atom. The fourth-order valence-corrected chi connectivity index (χ4v) is 0.929. The van der Waals surface area contributed by atoms with Gasteiger partial charge in [-0.05, 0) is 12.8 Å². The molecule has 0 bridgehead atoms. The molecule has 0 aromatic heterocycles. The van der Waals surface area contributed by atoms with Crippen molar-refractivity contribution in [2.45, 2.75) is 39.0 Å². The van der Waals surface area contributed by atoms with Crippen LogP contribution in [0.25, 0.3) is 0 Å². The maximum atomic E-state index is 5.10. The summed E-state index contributed by atoms with van der Waals surface area (Å²) in [4.78, 5) is 0.774. The number of nitrogens with one attached hydrogen (secondary N) is 1. The predicted octanol–water partition coefficient (Wildman–Crippen LogP) is 1.75. The van der Waals surface area contributed by atoms with Crippen LogP contribution in [0.4, 0.5) is 0 Å². The Bertz CT molecular complexity index is 93.6. The third-order valence-electron chi connectivity index (χ3n) is 1.42. The number of thiocarbonyl (C=S) groups is 1. The van der Waals surface area contributed by atoms with Crippen molar-refractivity contribution >= 4 is 17.2 Å². The summed E-state index contributed by atoms with van der Waals surface area (Å²) in [5.74, 6) is 5.10. The largest absolute Gasteiger partial charge is 0.318 e. The van der Waals surface area contributed by atoms with Crippen LogP contribution < -0.4 is 11.3 Å². The lowest BCUT2D eigenvalue weighted by molar-refractivity contribution is 0.680. The Labute approximate surface area is 68.1 Å². The van der Waals surface area contributed by atoms with Gasteiger partial charge in [-0.3, -0.25) is 5.84 Å². The highest BCUT2D eigenvalue weighted by Gasteiger charge is 1.91. The van der Waals surface area contributed by atoms with Crippen LogP contribution in [0.5, 0.6) is 0 Å². The van der Waals surface area contributed by atoms with E-state index in [-0.39, 0.29) is 0 Å². The SMILES string of the molecule is CCCCCCC(=S)NN. The summed E-state index contributed by atoms with van der Waals surface area (Å²) in [5, 5.41) is 0. The van der Waals surface area contributed by atoms with Gasteiger partial charge in [0.05, 0.1) is 4.99 Å². The van der Waals surface area contributed by atoms with E-state index < -0.39 is 0 Å². The molecule has 0 aliphatic rings. The van der Waals surface area contributed by atoms with Gasteiger partial charge in [0.25, 0.3) is 0 Å². The Balaban J connectivity index is 2.96. The van der Waals surface area contributed by atoms with E-state index in [1.165, 1.54) is 19.3 Å². The Morgan fingerprint density at radius 1 is 1.40 bits per heavy atom. The first-order valence-corrected chi connectivity index (χ1v) is 4.21. The highest BCUT2D eigenvalue weighted by molar-refractivity contribution is 7.80. The molecule has 0 heterocycles. The molecule has 0 aromatic rings. The molecular formula is C7H16N2S. The van der Waals surface area contributed by atoms with E-state index in [0.29, 0.717) is 0 Å². The minimum Gasteiger partial charge on any atom is -0.318 e. The van der Waals surface area contributed by atoms with Crippen molar-refractivity contribution in [3.05, 3.63) is 0 Å². The van der Waals surface area contributed by atoms with E-state index in [4.69, 9.17) is 18.1 Å². The average molecular weight is 160 g/mol. The number of hydrogen-bond donors (Lipinski definition) is 2. The van der Waals surface area contributed by atoms with E-state index >= 15 is 0 Å². The first-order chi connectivity index (χ1) is 4.81. The van der Waals surface area contributed by atoms with E-state index in [1.54, 1.807) is 0 Å². The van der Waals surface area contributed by atoms with Gasteiger partial charge in [-0.1, -0.05) is 38.4 Å². The second-order valence-corrected chi connectivity index (χ2v) is 2.87. The molecule has 10 heavy (non-hydrogen) atoms. The second-order valence-electron chi connectivity index (χ2n) is 2.38. The zero-order valence-corrected chi connectivity index (χ0v) is 7.34. The quantitative estimate of drug-likeness (QED) is 0.278. The molecule has 0 fully saturated rings. The fraction of sp³-hybridized carbons (Fsp3) is 0.857. The van der Waals surface area contributed by atoms with Crippen LogP contribution in [-0.4, -0.2) is 4.99 Å². The van der Waals surface area contributed by atoms with E-state index in [0.717, 1.165) is 17.8 Å². The molecule has 2 nitrogen and oxygen atoms in total. The summed E-state index contributed by atoms with van der Waals surface area (Å²) >= 11 is 4.87. The molecule has 3 heteroatoms. The van der Waals surface area contributed by atoms with Gasteiger partial charge >= 0.3 is 0 Å². The molecule has 0 atom stereocenters. The zero-order chi connectivity index (χ0) is 7.82. The zero-order valence-electron chi connectivity index (χ0n) is 6.52. The Morgan fingerprint density at radius 2 is 2.10 bits per heavy atom. The van der Waals surface area contributed by atoms with Crippen LogP contribution in [-0.2, 0) is 0 Å². The molecule has 0 saturated heterocycles. The average Bonchev–Trinajstić information content (AvgIpc) is 1.98. The van der Waals surface area contributed by atoms with E-state index in [1.807, 2.05) is 0 Å². The van der Waals surface area contributed by atoms with Crippen molar-refractivity contribution in [2.75, 3.05) is 0 Å². The summed E-state index contributed by atoms with van der Waals surface area (Å²) in [7, 11) is 0. The molecule has 0 radical (unpaired) electrons. The molecule has 0 aliphatic carbocycles. The maximum Gasteiger partial charge on any atom is 0.0893 e. The third-order valence-corrected chi connectivity index (χ3v) is 1.74. The van der Waals surface area contributed by atoms with Gasteiger partial charge in [-0.25, -0.2) is 0 Å². The van der Waals surface area contributed by atoms with Crippen molar-refractivity contribution in [3.8, 4) is 0 Å². The van der Waals surface area contributed by atoms with Crippen molar-refractivity contribution in [1.82, 2.24) is 5.43 Å². The van der Waals surface area contributed by atoms with Crippen LogP contribution in [0.15, 0.2) is 0 Å². The number of nitrogens with two attached hydrogens (primary N) is 1. The van der Waals surface area contributed by atoms with Crippen LogP contribution in [0.2, 0.25) is 0 Å². The lowest BCUT2D eigenvalue weighted by Gasteiger charge is -2.00. The molecule has 0 spiro atoms. The predicted molar refractivity (Wildman–Crippen MR) is 48.7 cm³/mol. The van der Waals surface area contributed by atoms with Crippen LogP contribution in [0.1, 0.15) is 39.0 Å². The number of unbranched alkanes of at least 4 members (excludes halogenated alkanes) is 3. The molecule has 3 N–H and O–H groups in total. The van der Waals surface area contributed by atoms with Crippen LogP contribution in [0, 0.1) is 0 Å². The monoisotopic (exact) mass is 160 g/mol. The summed E-state index contributed by atoms with van der Waals surface area (Å²) in [6.45, 7) is 2.19. The van der Waals surface area contributed by atoms with Crippen molar-refractivity contribution in [3.63, 3.8) is 0 Å². The lowest BCUT2D eigenvalue weighted by atomic mass is 10.1. The minimum absolute atomic E-state index is 0.774. The highest BCUT2D eigenvalue weighted by Crippen LogP contribution is 2.01. The molecule has 0 aliphatic heterocycles. The normalized spacial score (nSPS) is 9.40. The number of rotatable bonds is 5. The summed E-state index contributed by atoms with van der Waals surface area (Å²) in [6, 6.07) is 0. The molecule has 0 unspecified atom stereocenters. The van der Waals surface area contributed by atoms with Crippen molar-refractivity contribution < 1.29 is 0 Å². The van der Waals surface area contributed by atoms with Gasteiger partial charge in [0.2, 0.25) is 0 Å². The number of hydrogen-bond acceptors (Lipinski definition) is 2. The van der Waals surface area contributed by atoms with Crippen molar-refractivity contribution in [1.29, 1.82) is 0 Å². The van der Waals surface area contributed by atoms with Gasteiger partial charge in [-0.15, -0.1) is 0 Å². The van der Waals surface area contributed by atoms with Gasteiger partial charge in [0.15, 0.2) is 0 Å². The molecule has 0 aromatic carbocycles. The van der Waals surface area contributed by atoms with Crippen molar-refractivity contribution in [2.24, 2.45) is 5.84 Å². The molecule has 0 saturated carbocycles. The molecule has 0 rings (SSSR count).